The van der Waals surface area contributed by atoms with E-state index in [-0.39, 0.29) is 0 Å². The van der Waals surface area contributed by atoms with Gasteiger partial charge < -0.3 is 10.1 Å². The summed E-state index contributed by atoms with van der Waals surface area (Å²) in [6.07, 6.45) is -1.68. The quantitative estimate of drug-likeness (QED) is 0.433. The third kappa shape index (κ3) is 5.29. The Hall–Kier alpha value is -3.92. The number of carbonyl (C=O) groups excluding carboxylic acids is 1. The molecule has 0 aliphatic heterocycles. The number of hydrogen-bond acceptors (Lipinski definition) is 4. The van der Waals surface area contributed by atoms with Crippen LogP contribution in [0.1, 0.15) is 16.1 Å². The average Bonchev–Trinajstić information content (AvgIpc) is 3.38. The molecule has 0 bridgehead atoms. The van der Waals surface area contributed by atoms with Gasteiger partial charge in [-0.05, 0) is 19.1 Å². The summed E-state index contributed by atoms with van der Waals surface area (Å²) in [5.41, 5.74) is 3.43. The normalized spacial score (nSPS) is 11.5. The monoisotopic (exact) mass is 455 g/mol. The lowest BCUT2D eigenvalue weighted by atomic mass is 10.1. The maximum absolute atomic E-state index is 13.2. The molecule has 4 aromatic rings. The second kappa shape index (κ2) is 9.29. The second-order valence-corrected chi connectivity index (χ2v) is 7.24. The Bertz CT molecular complexity index is 1230. The van der Waals surface area contributed by atoms with Crippen LogP contribution in [0, 0.1) is 6.92 Å². The summed E-state index contributed by atoms with van der Waals surface area (Å²) in [7, 11) is 0. The first-order valence-electron chi connectivity index (χ1n) is 10.0. The van der Waals surface area contributed by atoms with Crippen molar-refractivity contribution in [1.29, 1.82) is 0 Å². The van der Waals surface area contributed by atoms with E-state index in [2.05, 4.69) is 15.2 Å². The van der Waals surface area contributed by atoms with Crippen molar-refractivity contribution in [3.05, 3.63) is 84.3 Å². The van der Waals surface area contributed by atoms with Crippen LogP contribution < -0.4 is 5.32 Å². The highest BCUT2D eigenvalue weighted by Crippen LogP contribution is 2.28. The third-order valence-corrected chi connectivity index (χ3v) is 4.77. The standard InChI is InChI=1S/C23H20F3N5O2/c1-16-20(22(32)28-18-12-27-30(13-18)15-33-14-23(24,25)26)21(17-8-4-2-5-9-17)29-31(16)19-10-6-3-7-11-19/h2-13H,14-15H2,1H3,(H,28,32). The van der Waals surface area contributed by atoms with Crippen LogP contribution in [-0.4, -0.2) is 38.3 Å². The minimum atomic E-state index is -4.42. The van der Waals surface area contributed by atoms with Gasteiger partial charge in [0.1, 0.15) is 19.0 Å². The third-order valence-electron chi connectivity index (χ3n) is 4.77. The largest absolute Gasteiger partial charge is 0.411 e. The topological polar surface area (TPSA) is 74.0 Å². The number of anilines is 1. The minimum Gasteiger partial charge on any atom is -0.350 e. The van der Waals surface area contributed by atoms with Crippen LogP contribution in [-0.2, 0) is 11.5 Å². The van der Waals surface area contributed by atoms with Gasteiger partial charge in [-0.15, -0.1) is 0 Å². The van der Waals surface area contributed by atoms with Crippen LogP contribution in [0.5, 0.6) is 0 Å². The molecule has 0 saturated heterocycles. The van der Waals surface area contributed by atoms with Gasteiger partial charge in [0.25, 0.3) is 5.91 Å². The van der Waals surface area contributed by atoms with Crippen molar-refractivity contribution < 1.29 is 22.7 Å². The zero-order valence-corrected chi connectivity index (χ0v) is 17.6. The smallest absolute Gasteiger partial charge is 0.350 e. The van der Waals surface area contributed by atoms with Crippen molar-refractivity contribution in [1.82, 2.24) is 19.6 Å². The summed E-state index contributed by atoms with van der Waals surface area (Å²) >= 11 is 0. The molecule has 2 heterocycles. The molecule has 0 fully saturated rings. The number of amides is 1. The number of alkyl halides is 3. The molecule has 0 radical (unpaired) electrons. The van der Waals surface area contributed by atoms with Gasteiger partial charge in [-0.2, -0.15) is 23.4 Å². The SMILES string of the molecule is Cc1c(C(=O)Nc2cnn(COCC(F)(F)F)c2)c(-c2ccccc2)nn1-c1ccccc1. The molecule has 170 valence electrons. The lowest BCUT2D eigenvalue weighted by molar-refractivity contribution is -0.182. The first kappa shape index (κ1) is 22.3. The molecule has 2 aromatic heterocycles. The summed E-state index contributed by atoms with van der Waals surface area (Å²) in [4.78, 5) is 13.2. The zero-order valence-electron chi connectivity index (χ0n) is 17.6. The van der Waals surface area contributed by atoms with Crippen LogP contribution in [0.2, 0.25) is 0 Å². The van der Waals surface area contributed by atoms with Crippen molar-refractivity contribution in [2.24, 2.45) is 0 Å². The second-order valence-electron chi connectivity index (χ2n) is 7.24. The molecular weight excluding hydrogens is 435 g/mol. The molecule has 2 aromatic carbocycles. The molecular formula is C23H20F3N5O2. The molecule has 0 saturated carbocycles. The van der Waals surface area contributed by atoms with Crippen molar-refractivity contribution in [2.75, 3.05) is 11.9 Å². The van der Waals surface area contributed by atoms with Crippen molar-refractivity contribution in [3.8, 4) is 16.9 Å². The molecule has 0 spiro atoms. The molecule has 0 aliphatic carbocycles. The van der Waals surface area contributed by atoms with Crippen LogP contribution in [0.25, 0.3) is 16.9 Å². The maximum atomic E-state index is 13.2. The summed E-state index contributed by atoms with van der Waals surface area (Å²) in [5.74, 6) is -0.413. The maximum Gasteiger partial charge on any atom is 0.411 e. The zero-order chi connectivity index (χ0) is 23.4. The Balaban J connectivity index is 1.60. The van der Waals surface area contributed by atoms with E-state index >= 15 is 0 Å². The van der Waals surface area contributed by atoms with Gasteiger partial charge in [-0.3, -0.25) is 4.79 Å². The van der Waals surface area contributed by atoms with E-state index in [4.69, 9.17) is 5.10 Å². The minimum absolute atomic E-state index is 0.321. The van der Waals surface area contributed by atoms with Crippen molar-refractivity contribution >= 4 is 11.6 Å². The molecule has 0 atom stereocenters. The molecule has 10 heteroatoms. The van der Waals surface area contributed by atoms with E-state index in [1.165, 1.54) is 17.1 Å². The number of carbonyl (C=O) groups is 1. The van der Waals surface area contributed by atoms with Gasteiger partial charge in [0.2, 0.25) is 0 Å². The van der Waals surface area contributed by atoms with E-state index < -0.39 is 25.4 Å². The van der Waals surface area contributed by atoms with Crippen molar-refractivity contribution in [2.45, 2.75) is 19.8 Å². The summed E-state index contributed by atoms with van der Waals surface area (Å²) < 4.78 is 44.2. The number of aromatic nitrogens is 4. The Morgan fingerprint density at radius 3 is 2.39 bits per heavy atom. The van der Waals surface area contributed by atoms with Crippen LogP contribution in [0.3, 0.4) is 0 Å². The predicted molar refractivity (Wildman–Crippen MR) is 116 cm³/mol. The van der Waals surface area contributed by atoms with E-state index in [1.54, 1.807) is 11.6 Å². The Morgan fingerprint density at radius 1 is 1.06 bits per heavy atom. The Kier molecular flexibility index (Phi) is 6.27. The van der Waals surface area contributed by atoms with E-state index in [9.17, 15) is 18.0 Å². The Labute approximate surface area is 187 Å². The van der Waals surface area contributed by atoms with E-state index in [0.29, 0.717) is 22.6 Å². The lowest BCUT2D eigenvalue weighted by Crippen LogP contribution is -2.18. The number of halogens is 3. The fourth-order valence-electron chi connectivity index (χ4n) is 3.34. The highest BCUT2D eigenvalue weighted by atomic mass is 19.4. The summed E-state index contributed by atoms with van der Waals surface area (Å²) in [6.45, 7) is 0.0260. The molecule has 1 N–H and O–H groups in total. The molecule has 33 heavy (non-hydrogen) atoms. The van der Waals surface area contributed by atoms with Gasteiger partial charge in [-0.25, -0.2) is 9.36 Å². The van der Waals surface area contributed by atoms with Gasteiger partial charge in [-0.1, -0.05) is 48.5 Å². The molecule has 1 amide bonds. The van der Waals surface area contributed by atoms with Crippen LogP contribution in [0.15, 0.2) is 73.1 Å². The first-order valence-corrected chi connectivity index (χ1v) is 10.0. The van der Waals surface area contributed by atoms with Gasteiger partial charge >= 0.3 is 6.18 Å². The van der Waals surface area contributed by atoms with Gasteiger partial charge in [0.15, 0.2) is 0 Å². The lowest BCUT2D eigenvalue weighted by Gasteiger charge is -2.07. The van der Waals surface area contributed by atoms with Crippen LogP contribution >= 0.6 is 0 Å². The number of nitrogens with one attached hydrogen (secondary N) is 1. The summed E-state index contributed by atoms with van der Waals surface area (Å²) in [5, 5.41) is 11.4. The fourth-order valence-corrected chi connectivity index (χ4v) is 3.34. The highest BCUT2D eigenvalue weighted by molar-refractivity contribution is 6.09. The number of para-hydroxylation sites is 1. The molecule has 0 aliphatic rings. The number of hydrogen-bond donors (Lipinski definition) is 1. The van der Waals surface area contributed by atoms with Crippen molar-refractivity contribution in [3.63, 3.8) is 0 Å². The summed E-state index contributed by atoms with van der Waals surface area (Å²) in [6, 6.07) is 18.8. The Morgan fingerprint density at radius 2 is 1.73 bits per heavy atom. The van der Waals surface area contributed by atoms with Crippen LogP contribution in [0.4, 0.5) is 18.9 Å². The highest BCUT2D eigenvalue weighted by Gasteiger charge is 2.27. The van der Waals surface area contributed by atoms with Gasteiger partial charge in [0.05, 0.1) is 35.0 Å². The molecule has 7 nitrogen and oxygen atoms in total. The number of rotatable bonds is 7. The molecule has 0 unspecified atom stereocenters. The molecule has 4 rings (SSSR count). The fraction of sp³-hybridized carbons (Fsp3) is 0.174. The van der Waals surface area contributed by atoms with E-state index in [1.807, 2.05) is 60.7 Å². The number of benzene rings is 2. The number of ether oxygens (including phenoxy) is 1. The van der Waals surface area contributed by atoms with E-state index in [0.717, 1.165) is 11.3 Å². The average molecular weight is 455 g/mol. The first-order chi connectivity index (χ1) is 15.8. The number of nitrogens with zero attached hydrogens (tertiary/aromatic N) is 4. The predicted octanol–water partition coefficient (Wildman–Crippen LogP) is 4.83. The van der Waals surface area contributed by atoms with Gasteiger partial charge in [0, 0.05) is 5.56 Å².